The van der Waals surface area contributed by atoms with Crippen molar-refractivity contribution in [3.63, 3.8) is 0 Å². The molecular formula is C18H23N3O3. The van der Waals surface area contributed by atoms with Crippen LogP contribution in [0.4, 0.5) is 0 Å². The Morgan fingerprint density at radius 3 is 2.12 bits per heavy atom. The van der Waals surface area contributed by atoms with E-state index in [1.54, 1.807) is 10.7 Å². The molecule has 1 amide bonds. The predicted molar refractivity (Wildman–Crippen MR) is 91.6 cm³/mol. The Morgan fingerprint density at radius 1 is 1.08 bits per heavy atom. The van der Waals surface area contributed by atoms with Gasteiger partial charge in [-0.2, -0.15) is 5.10 Å². The van der Waals surface area contributed by atoms with Crippen LogP contribution in [-0.2, 0) is 4.79 Å². The Kier molecular flexibility index (Phi) is 4.51. The van der Waals surface area contributed by atoms with E-state index in [2.05, 4.69) is 11.2 Å². The molecule has 6 heteroatoms. The van der Waals surface area contributed by atoms with Gasteiger partial charge >= 0.3 is 5.97 Å². The fraction of sp³-hybridized carbons (Fsp3) is 0.389. The predicted octanol–water partition coefficient (Wildman–Crippen LogP) is 2.73. The van der Waals surface area contributed by atoms with Gasteiger partial charge in [-0.1, -0.05) is 6.07 Å². The van der Waals surface area contributed by atoms with Gasteiger partial charge in [0, 0.05) is 12.7 Å². The largest absolute Gasteiger partial charge is 0.480 e. The lowest BCUT2D eigenvalue weighted by atomic mass is 10.0. The Hall–Kier alpha value is -2.63. The molecule has 2 rings (SSSR count). The fourth-order valence-corrected chi connectivity index (χ4v) is 2.48. The number of aliphatic carboxylic acids is 1. The maximum absolute atomic E-state index is 12.6. The number of aryl methyl sites for hydroxylation is 3. The van der Waals surface area contributed by atoms with Crippen molar-refractivity contribution >= 4 is 11.9 Å². The molecule has 0 aliphatic heterocycles. The molecule has 0 radical (unpaired) electrons. The average molecular weight is 329 g/mol. The van der Waals surface area contributed by atoms with Crippen LogP contribution in [0.5, 0.6) is 0 Å². The standard InChI is InChI=1S/C18H23N3O3/c1-11-7-12(2)9-14(8-11)21-13(3)10-15(19-21)16(22)20(6)18(4,5)17(23)24/h7-10H,1-6H3,(H,23,24). The number of benzene rings is 1. The number of carboxylic acid groups (broad SMARTS) is 1. The van der Waals surface area contributed by atoms with Gasteiger partial charge in [-0.05, 0) is 63.9 Å². The normalized spacial score (nSPS) is 11.4. The first kappa shape index (κ1) is 17.7. The molecular weight excluding hydrogens is 306 g/mol. The minimum atomic E-state index is -1.31. The van der Waals surface area contributed by atoms with Crippen LogP contribution in [0.1, 0.15) is 41.2 Å². The van der Waals surface area contributed by atoms with Crippen LogP contribution in [0.15, 0.2) is 24.3 Å². The van der Waals surface area contributed by atoms with Crippen LogP contribution in [0.25, 0.3) is 5.69 Å². The Morgan fingerprint density at radius 2 is 1.62 bits per heavy atom. The van der Waals surface area contributed by atoms with Crippen molar-refractivity contribution in [1.82, 2.24) is 14.7 Å². The second-order valence-electron chi connectivity index (χ2n) is 6.66. The van der Waals surface area contributed by atoms with Crippen molar-refractivity contribution in [2.75, 3.05) is 7.05 Å². The minimum Gasteiger partial charge on any atom is -0.480 e. The Balaban J connectivity index is 2.41. The van der Waals surface area contributed by atoms with Gasteiger partial charge in [-0.3, -0.25) is 4.79 Å². The SMILES string of the molecule is Cc1cc(C)cc(-n2nc(C(=O)N(C)C(C)(C)C(=O)O)cc2C)c1. The lowest BCUT2D eigenvalue weighted by molar-refractivity contribution is -0.147. The van der Waals surface area contributed by atoms with Crippen molar-refractivity contribution in [2.45, 2.75) is 40.2 Å². The summed E-state index contributed by atoms with van der Waals surface area (Å²) in [5.74, 6) is -1.49. The summed E-state index contributed by atoms with van der Waals surface area (Å²) in [4.78, 5) is 25.2. The molecule has 0 atom stereocenters. The van der Waals surface area contributed by atoms with Gasteiger partial charge in [0.25, 0.3) is 5.91 Å². The van der Waals surface area contributed by atoms with E-state index in [4.69, 9.17) is 0 Å². The molecule has 1 aromatic carbocycles. The summed E-state index contributed by atoms with van der Waals surface area (Å²) in [5, 5.41) is 13.7. The molecule has 1 heterocycles. The first-order valence-electron chi connectivity index (χ1n) is 7.71. The average Bonchev–Trinajstić information content (AvgIpc) is 2.86. The van der Waals surface area contributed by atoms with E-state index >= 15 is 0 Å². The number of aromatic nitrogens is 2. The molecule has 0 saturated carbocycles. The number of carbonyl (C=O) groups is 2. The summed E-state index contributed by atoms with van der Waals surface area (Å²) in [5.41, 5.74) is 2.82. The molecule has 1 aromatic heterocycles. The van der Waals surface area contributed by atoms with Crippen LogP contribution in [0.2, 0.25) is 0 Å². The number of likely N-dealkylation sites (N-methyl/N-ethyl adjacent to an activating group) is 1. The molecule has 0 unspecified atom stereocenters. The van der Waals surface area contributed by atoms with Gasteiger partial charge in [-0.25, -0.2) is 9.48 Å². The summed E-state index contributed by atoms with van der Waals surface area (Å²) in [7, 11) is 1.47. The number of amides is 1. The van der Waals surface area contributed by atoms with Crippen LogP contribution in [-0.4, -0.2) is 44.3 Å². The second-order valence-corrected chi connectivity index (χ2v) is 6.66. The van der Waals surface area contributed by atoms with E-state index < -0.39 is 17.4 Å². The van der Waals surface area contributed by atoms with E-state index in [1.165, 1.54) is 25.8 Å². The summed E-state index contributed by atoms with van der Waals surface area (Å²) >= 11 is 0. The third-order valence-electron chi connectivity index (χ3n) is 4.22. The first-order valence-corrected chi connectivity index (χ1v) is 7.71. The highest BCUT2D eigenvalue weighted by molar-refractivity contribution is 5.96. The van der Waals surface area contributed by atoms with Crippen molar-refractivity contribution in [3.05, 3.63) is 46.8 Å². The van der Waals surface area contributed by atoms with E-state index in [0.29, 0.717) is 0 Å². The third kappa shape index (κ3) is 3.18. The molecule has 24 heavy (non-hydrogen) atoms. The molecule has 0 fully saturated rings. The van der Waals surface area contributed by atoms with E-state index in [9.17, 15) is 14.7 Å². The molecule has 0 aliphatic carbocycles. The number of carbonyl (C=O) groups excluding carboxylic acids is 1. The topological polar surface area (TPSA) is 75.4 Å². The monoisotopic (exact) mass is 329 g/mol. The molecule has 1 N–H and O–H groups in total. The van der Waals surface area contributed by atoms with Crippen LogP contribution in [0.3, 0.4) is 0 Å². The minimum absolute atomic E-state index is 0.225. The van der Waals surface area contributed by atoms with Gasteiger partial charge in [0.15, 0.2) is 5.69 Å². The van der Waals surface area contributed by atoms with Crippen molar-refractivity contribution < 1.29 is 14.7 Å². The highest BCUT2D eigenvalue weighted by Gasteiger charge is 2.36. The highest BCUT2D eigenvalue weighted by Crippen LogP contribution is 2.19. The number of hydrogen-bond donors (Lipinski definition) is 1. The van der Waals surface area contributed by atoms with Crippen molar-refractivity contribution in [3.8, 4) is 5.69 Å². The van der Waals surface area contributed by atoms with E-state index in [1.807, 2.05) is 32.9 Å². The van der Waals surface area contributed by atoms with Crippen LogP contribution >= 0.6 is 0 Å². The zero-order valence-corrected chi connectivity index (χ0v) is 14.9. The lowest BCUT2D eigenvalue weighted by Crippen LogP contribution is -2.50. The summed E-state index contributed by atoms with van der Waals surface area (Å²) in [6.45, 7) is 8.85. The lowest BCUT2D eigenvalue weighted by Gasteiger charge is -2.30. The van der Waals surface area contributed by atoms with E-state index in [-0.39, 0.29) is 5.69 Å². The maximum Gasteiger partial charge on any atom is 0.329 e. The molecule has 0 aliphatic rings. The number of nitrogens with zero attached hydrogens (tertiary/aromatic N) is 3. The summed E-state index contributed by atoms with van der Waals surface area (Å²) < 4.78 is 1.70. The van der Waals surface area contributed by atoms with Crippen molar-refractivity contribution in [2.24, 2.45) is 0 Å². The number of carboxylic acids is 1. The molecule has 0 spiro atoms. The fourth-order valence-electron chi connectivity index (χ4n) is 2.48. The van der Waals surface area contributed by atoms with Crippen molar-refractivity contribution in [1.29, 1.82) is 0 Å². The maximum atomic E-state index is 12.6. The number of hydrogen-bond acceptors (Lipinski definition) is 3. The summed E-state index contributed by atoms with van der Waals surface area (Å²) in [6, 6.07) is 7.73. The highest BCUT2D eigenvalue weighted by atomic mass is 16.4. The molecule has 0 saturated heterocycles. The van der Waals surface area contributed by atoms with Crippen LogP contribution < -0.4 is 0 Å². The van der Waals surface area contributed by atoms with E-state index in [0.717, 1.165) is 22.5 Å². The molecule has 6 nitrogen and oxygen atoms in total. The first-order chi connectivity index (χ1) is 11.0. The van der Waals surface area contributed by atoms with Gasteiger partial charge in [0.1, 0.15) is 5.54 Å². The molecule has 128 valence electrons. The zero-order valence-electron chi connectivity index (χ0n) is 14.9. The Bertz CT molecular complexity index is 786. The van der Waals surface area contributed by atoms with Gasteiger partial charge in [0.05, 0.1) is 5.69 Å². The Labute approximate surface area is 141 Å². The third-order valence-corrected chi connectivity index (χ3v) is 4.22. The molecule has 0 bridgehead atoms. The smallest absolute Gasteiger partial charge is 0.329 e. The molecule has 2 aromatic rings. The zero-order chi connectivity index (χ0) is 18.2. The quantitative estimate of drug-likeness (QED) is 0.936. The van der Waals surface area contributed by atoms with Gasteiger partial charge in [-0.15, -0.1) is 0 Å². The summed E-state index contributed by atoms with van der Waals surface area (Å²) in [6.07, 6.45) is 0. The second kappa shape index (κ2) is 6.11. The number of rotatable bonds is 4. The van der Waals surface area contributed by atoms with Gasteiger partial charge in [0.2, 0.25) is 0 Å². The van der Waals surface area contributed by atoms with Crippen LogP contribution in [0, 0.1) is 20.8 Å². The van der Waals surface area contributed by atoms with Gasteiger partial charge < -0.3 is 10.0 Å².